The zero-order chi connectivity index (χ0) is 15.7. The van der Waals surface area contributed by atoms with E-state index in [1.54, 1.807) is 7.05 Å². The van der Waals surface area contributed by atoms with E-state index >= 15 is 0 Å². The Hall–Kier alpha value is -2.37. The lowest BCUT2D eigenvalue weighted by molar-refractivity contribution is -0.134. The Kier molecular flexibility index (Phi) is 3.60. The molecule has 0 aromatic heterocycles. The Bertz CT molecular complexity index is 608. The number of rotatable bonds is 3. The van der Waals surface area contributed by atoms with Gasteiger partial charge in [0.15, 0.2) is 0 Å². The van der Waals surface area contributed by atoms with Crippen molar-refractivity contribution in [1.82, 2.24) is 10.2 Å². The van der Waals surface area contributed by atoms with Gasteiger partial charge in [-0.1, -0.05) is 31.0 Å². The summed E-state index contributed by atoms with van der Waals surface area (Å²) in [5.74, 6) is -0.547. The molecule has 6 nitrogen and oxygen atoms in total. The SMILES string of the molecule is CN(C(=O)CN1C(=O)NC2(CCCC2)C1=O)c1ccccc1. The van der Waals surface area contributed by atoms with Crippen LogP contribution in [0.5, 0.6) is 0 Å². The van der Waals surface area contributed by atoms with Crippen LogP contribution in [0.25, 0.3) is 0 Å². The Morgan fingerprint density at radius 1 is 1.23 bits per heavy atom. The Morgan fingerprint density at radius 3 is 2.50 bits per heavy atom. The highest BCUT2D eigenvalue weighted by atomic mass is 16.2. The maximum atomic E-state index is 12.5. The maximum Gasteiger partial charge on any atom is 0.325 e. The smallest absolute Gasteiger partial charge is 0.323 e. The van der Waals surface area contributed by atoms with Crippen molar-refractivity contribution >= 4 is 23.5 Å². The fourth-order valence-corrected chi connectivity index (χ4v) is 3.17. The molecule has 1 aromatic carbocycles. The van der Waals surface area contributed by atoms with Gasteiger partial charge in [0.2, 0.25) is 5.91 Å². The van der Waals surface area contributed by atoms with Crippen molar-refractivity contribution < 1.29 is 14.4 Å². The molecule has 2 aliphatic rings. The van der Waals surface area contributed by atoms with E-state index < -0.39 is 11.6 Å². The van der Waals surface area contributed by atoms with Gasteiger partial charge in [-0.05, 0) is 25.0 Å². The Morgan fingerprint density at radius 2 is 1.86 bits per heavy atom. The molecule has 1 N–H and O–H groups in total. The second-order valence-corrected chi connectivity index (χ2v) is 5.90. The molecule has 1 aliphatic heterocycles. The summed E-state index contributed by atoms with van der Waals surface area (Å²) in [6.45, 7) is -0.224. The van der Waals surface area contributed by atoms with Crippen molar-refractivity contribution in [1.29, 1.82) is 0 Å². The van der Waals surface area contributed by atoms with E-state index in [1.165, 1.54) is 4.90 Å². The number of anilines is 1. The zero-order valence-corrected chi connectivity index (χ0v) is 12.5. The number of likely N-dealkylation sites (N-methyl/N-ethyl adjacent to an activating group) is 1. The molecule has 2 fully saturated rings. The van der Waals surface area contributed by atoms with Gasteiger partial charge in [-0.2, -0.15) is 0 Å². The molecule has 1 saturated carbocycles. The van der Waals surface area contributed by atoms with Crippen LogP contribution in [0, 0.1) is 0 Å². The molecule has 1 spiro atoms. The summed E-state index contributed by atoms with van der Waals surface area (Å²) in [4.78, 5) is 39.4. The average molecular weight is 301 g/mol. The summed E-state index contributed by atoms with van der Waals surface area (Å²) in [6.07, 6.45) is 3.18. The molecule has 0 unspecified atom stereocenters. The fraction of sp³-hybridized carbons (Fsp3) is 0.438. The fourth-order valence-electron chi connectivity index (χ4n) is 3.17. The molecular formula is C16H19N3O3. The summed E-state index contributed by atoms with van der Waals surface area (Å²) in [5, 5.41) is 2.78. The number of hydrogen-bond acceptors (Lipinski definition) is 3. The van der Waals surface area contributed by atoms with E-state index in [-0.39, 0.29) is 18.4 Å². The standard InChI is InChI=1S/C16H19N3O3/c1-18(12-7-3-2-4-8-12)13(20)11-19-14(21)16(17-15(19)22)9-5-6-10-16/h2-4,7-8H,5-6,9-11H2,1H3,(H,17,22). The number of imide groups is 1. The number of nitrogens with zero attached hydrogens (tertiary/aromatic N) is 2. The minimum Gasteiger partial charge on any atom is -0.323 e. The van der Waals surface area contributed by atoms with E-state index in [1.807, 2.05) is 30.3 Å². The first-order valence-corrected chi connectivity index (χ1v) is 7.49. The van der Waals surface area contributed by atoms with Crippen molar-refractivity contribution in [3.8, 4) is 0 Å². The number of hydrogen-bond donors (Lipinski definition) is 1. The number of urea groups is 1. The number of carbonyl (C=O) groups excluding carboxylic acids is 3. The van der Waals surface area contributed by atoms with Gasteiger partial charge in [-0.15, -0.1) is 0 Å². The first-order chi connectivity index (χ1) is 10.5. The topological polar surface area (TPSA) is 69.7 Å². The van der Waals surface area contributed by atoms with Crippen LogP contribution in [0.1, 0.15) is 25.7 Å². The number of amides is 4. The van der Waals surface area contributed by atoms with E-state index in [0.29, 0.717) is 12.8 Å². The molecule has 0 radical (unpaired) electrons. The first-order valence-electron chi connectivity index (χ1n) is 7.49. The van der Waals surface area contributed by atoms with Gasteiger partial charge in [0.05, 0.1) is 0 Å². The number of para-hydroxylation sites is 1. The van der Waals surface area contributed by atoms with Crippen LogP contribution in [0.15, 0.2) is 30.3 Å². The number of carbonyl (C=O) groups is 3. The molecule has 1 aliphatic carbocycles. The average Bonchev–Trinajstić information content (AvgIpc) is 3.09. The minimum absolute atomic E-state index is 0.224. The number of nitrogens with one attached hydrogen (secondary N) is 1. The van der Waals surface area contributed by atoms with Crippen LogP contribution >= 0.6 is 0 Å². The lowest BCUT2D eigenvalue weighted by atomic mass is 9.98. The van der Waals surface area contributed by atoms with Crippen LogP contribution in [-0.4, -0.2) is 41.9 Å². The molecule has 6 heteroatoms. The van der Waals surface area contributed by atoms with Gasteiger partial charge >= 0.3 is 6.03 Å². The van der Waals surface area contributed by atoms with Gasteiger partial charge in [0.25, 0.3) is 5.91 Å². The molecule has 4 amide bonds. The summed E-state index contributed by atoms with van der Waals surface area (Å²) in [7, 11) is 1.64. The van der Waals surface area contributed by atoms with Gasteiger partial charge in [-0.25, -0.2) is 4.79 Å². The largest absolute Gasteiger partial charge is 0.325 e. The molecule has 116 valence electrons. The lowest BCUT2D eigenvalue weighted by Crippen LogP contribution is -2.45. The first kappa shape index (κ1) is 14.6. The zero-order valence-electron chi connectivity index (χ0n) is 12.5. The van der Waals surface area contributed by atoms with E-state index in [0.717, 1.165) is 23.4 Å². The second kappa shape index (κ2) is 5.44. The van der Waals surface area contributed by atoms with Gasteiger partial charge < -0.3 is 10.2 Å². The van der Waals surface area contributed by atoms with Crippen LogP contribution in [-0.2, 0) is 9.59 Å². The normalized spacial score (nSPS) is 19.6. The highest BCUT2D eigenvalue weighted by Crippen LogP contribution is 2.35. The summed E-state index contributed by atoms with van der Waals surface area (Å²) in [6, 6.07) is 8.69. The monoisotopic (exact) mass is 301 g/mol. The summed E-state index contributed by atoms with van der Waals surface area (Å²) in [5.41, 5.74) is -0.0296. The van der Waals surface area contributed by atoms with Gasteiger partial charge in [0.1, 0.15) is 12.1 Å². The Labute approximate surface area is 129 Å². The van der Waals surface area contributed by atoms with E-state index in [2.05, 4.69) is 5.32 Å². The van der Waals surface area contributed by atoms with E-state index in [9.17, 15) is 14.4 Å². The van der Waals surface area contributed by atoms with Crippen molar-refractivity contribution in [2.75, 3.05) is 18.5 Å². The molecule has 1 aromatic rings. The third-order valence-corrected chi connectivity index (χ3v) is 4.51. The molecule has 3 rings (SSSR count). The van der Waals surface area contributed by atoms with Crippen LogP contribution in [0.2, 0.25) is 0 Å². The van der Waals surface area contributed by atoms with E-state index in [4.69, 9.17) is 0 Å². The maximum absolute atomic E-state index is 12.5. The van der Waals surface area contributed by atoms with Crippen LogP contribution in [0.3, 0.4) is 0 Å². The van der Waals surface area contributed by atoms with Crippen LogP contribution in [0.4, 0.5) is 10.5 Å². The van der Waals surface area contributed by atoms with Crippen molar-refractivity contribution in [3.63, 3.8) is 0 Å². The van der Waals surface area contributed by atoms with Crippen molar-refractivity contribution in [3.05, 3.63) is 30.3 Å². The summed E-state index contributed by atoms with van der Waals surface area (Å²) < 4.78 is 0. The molecule has 22 heavy (non-hydrogen) atoms. The predicted octanol–water partition coefficient (Wildman–Crippen LogP) is 1.51. The highest BCUT2D eigenvalue weighted by molar-refractivity contribution is 6.10. The third kappa shape index (κ3) is 2.34. The predicted molar refractivity (Wildman–Crippen MR) is 81.3 cm³/mol. The minimum atomic E-state index is -0.761. The summed E-state index contributed by atoms with van der Waals surface area (Å²) >= 11 is 0. The molecule has 1 saturated heterocycles. The third-order valence-electron chi connectivity index (χ3n) is 4.51. The Balaban J connectivity index is 1.71. The van der Waals surface area contributed by atoms with Crippen molar-refractivity contribution in [2.24, 2.45) is 0 Å². The molecule has 0 bridgehead atoms. The second-order valence-electron chi connectivity index (χ2n) is 5.90. The number of benzene rings is 1. The lowest BCUT2D eigenvalue weighted by Gasteiger charge is -2.22. The van der Waals surface area contributed by atoms with Gasteiger partial charge in [-0.3, -0.25) is 14.5 Å². The molecular weight excluding hydrogens is 282 g/mol. The highest BCUT2D eigenvalue weighted by Gasteiger charge is 2.52. The van der Waals surface area contributed by atoms with Crippen molar-refractivity contribution in [2.45, 2.75) is 31.2 Å². The molecule has 0 atom stereocenters. The van der Waals surface area contributed by atoms with Crippen LogP contribution < -0.4 is 10.2 Å². The van der Waals surface area contributed by atoms with Gasteiger partial charge in [0, 0.05) is 12.7 Å². The quantitative estimate of drug-likeness (QED) is 0.860. The molecule has 1 heterocycles.